The number of nitrogens with one attached hydrogen (secondary N) is 1. The Morgan fingerprint density at radius 3 is 2.62 bits per heavy atom. The number of aryl methyl sites for hydroxylation is 1. The summed E-state index contributed by atoms with van der Waals surface area (Å²) in [5.74, 6) is 0.751. The highest BCUT2D eigenvalue weighted by atomic mass is 32.2. The molecule has 0 bridgehead atoms. The van der Waals surface area contributed by atoms with E-state index in [9.17, 15) is 8.42 Å². The normalized spacial score (nSPS) is 20.8. The number of anilines is 1. The van der Waals surface area contributed by atoms with Crippen molar-refractivity contribution in [3.63, 3.8) is 0 Å². The average molecular weight is 379 g/mol. The summed E-state index contributed by atoms with van der Waals surface area (Å²) in [6, 6.07) is 1.54. The first-order chi connectivity index (χ1) is 12.4. The second-order valence-electron chi connectivity index (χ2n) is 6.74. The van der Waals surface area contributed by atoms with Crippen molar-refractivity contribution in [2.45, 2.75) is 24.4 Å². The van der Waals surface area contributed by atoms with Crippen molar-refractivity contribution < 1.29 is 8.42 Å². The molecule has 2 aromatic heterocycles. The third-order valence-corrected chi connectivity index (χ3v) is 5.87. The van der Waals surface area contributed by atoms with Gasteiger partial charge in [0.2, 0.25) is 16.0 Å². The third-order valence-electron chi connectivity index (χ3n) is 4.43. The largest absolute Gasteiger partial charge is 0.339 e. The second-order valence-corrected chi connectivity index (χ2v) is 8.45. The first kappa shape index (κ1) is 18.7. The van der Waals surface area contributed by atoms with Gasteiger partial charge in [0.25, 0.3) is 0 Å². The van der Waals surface area contributed by atoms with Gasteiger partial charge in [-0.25, -0.2) is 23.1 Å². The highest BCUT2D eigenvalue weighted by molar-refractivity contribution is 7.89. The lowest BCUT2D eigenvalue weighted by atomic mass is 10.0. The maximum atomic E-state index is 12.8. The molecular weight excluding hydrogens is 354 g/mol. The SMILES string of the molecule is CCn1cc(S(=O)(=O)N[C@@H]2CN(c3ncccn3)C[C@H]2CN(C)C)cn1. The number of rotatable bonds is 7. The van der Waals surface area contributed by atoms with Crippen molar-refractivity contribution in [2.24, 2.45) is 5.92 Å². The van der Waals surface area contributed by atoms with Gasteiger partial charge >= 0.3 is 0 Å². The maximum absolute atomic E-state index is 12.8. The Balaban J connectivity index is 1.79. The second kappa shape index (κ2) is 7.68. The lowest BCUT2D eigenvalue weighted by Crippen LogP contribution is -2.43. The van der Waals surface area contributed by atoms with E-state index in [2.05, 4.69) is 24.7 Å². The molecule has 1 aliphatic heterocycles. The van der Waals surface area contributed by atoms with Crippen LogP contribution in [0.25, 0.3) is 0 Å². The molecule has 1 aliphatic rings. The molecule has 1 N–H and O–H groups in total. The van der Waals surface area contributed by atoms with Crippen LogP contribution in [-0.4, -0.2) is 72.8 Å². The quantitative estimate of drug-likeness (QED) is 0.725. The van der Waals surface area contributed by atoms with Gasteiger partial charge < -0.3 is 9.80 Å². The molecule has 10 heteroatoms. The highest BCUT2D eigenvalue weighted by Gasteiger charge is 2.37. The Labute approximate surface area is 154 Å². The van der Waals surface area contributed by atoms with Gasteiger partial charge in [-0.1, -0.05) is 0 Å². The minimum atomic E-state index is -3.63. The van der Waals surface area contributed by atoms with Gasteiger partial charge in [-0.2, -0.15) is 5.10 Å². The van der Waals surface area contributed by atoms with E-state index in [1.165, 1.54) is 6.20 Å². The molecule has 3 rings (SSSR count). The molecule has 1 fully saturated rings. The third kappa shape index (κ3) is 4.19. The van der Waals surface area contributed by atoms with E-state index in [0.29, 0.717) is 25.6 Å². The molecule has 2 atom stereocenters. The van der Waals surface area contributed by atoms with Crippen LogP contribution in [0.1, 0.15) is 6.92 Å². The molecule has 2 aromatic rings. The standard InChI is InChI=1S/C16H25N7O2S/c1-4-23-11-14(8-19-23)26(24,25)20-15-12-22(10-13(15)9-21(2)3)16-17-6-5-7-18-16/h5-8,11,13,15,20H,4,9-10,12H2,1-3H3/t13-,15-/m1/s1. The molecule has 9 nitrogen and oxygen atoms in total. The molecule has 0 unspecified atom stereocenters. The number of hydrogen-bond donors (Lipinski definition) is 1. The summed E-state index contributed by atoms with van der Waals surface area (Å²) in [7, 11) is 0.343. The summed E-state index contributed by atoms with van der Waals surface area (Å²) in [6.45, 7) is 4.54. The smallest absolute Gasteiger partial charge is 0.244 e. The Morgan fingerprint density at radius 2 is 2.00 bits per heavy atom. The van der Waals surface area contributed by atoms with Gasteiger partial charge in [0.05, 0.1) is 6.20 Å². The summed E-state index contributed by atoms with van der Waals surface area (Å²) >= 11 is 0. The van der Waals surface area contributed by atoms with Gasteiger partial charge in [-0.15, -0.1) is 0 Å². The maximum Gasteiger partial charge on any atom is 0.244 e. The van der Waals surface area contributed by atoms with Crippen LogP contribution in [0.2, 0.25) is 0 Å². The zero-order valence-electron chi connectivity index (χ0n) is 15.3. The van der Waals surface area contributed by atoms with E-state index in [0.717, 1.165) is 6.54 Å². The molecule has 0 radical (unpaired) electrons. The van der Waals surface area contributed by atoms with Gasteiger partial charge in [-0.05, 0) is 27.1 Å². The van der Waals surface area contributed by atoms with Crippen molar-refractivity contribution in [3.05, 3.63) is 30.9 Å². The first-order valence-electron chi connectivity index (χ1n) is 8.60. The fraction of sp³-hybridized carbons (Fsp3) is 0.562. The van der Waals surface area contributed by atoms with Crippen molar-refractivity contribution in [1.29, 1.82) is 0 Å². The lowest BCUT2D eigenvalue weighted by molar-refractivity contribution is 0.315. The molecule has 0 aromatic carbocycles. The van der Waals surface area contributed by atoms with Crippen LogP contribution in [0.15, 0.2) is 35.7 Å². The predicted octanol–water partition coefficient (Wildman–Crippen LogP) is 0.0379. The van der Waals surface area contributed by atoms with Crippen LogP contribution in [-0.2, 0) is 16.6 Å². The van der Waals surface area contributed by atoms with Crippen LogP contribution in [0.4, 0.5) is 5.95 Å². The van der Waals surface area contributed by atoms with E-state index in [-0.39, 0.29) is 16.9 Å². The van der Waals surface area contributed by atoms with E-state index in [1.807, 2.05) is 25.9 Å². The Bertz CT molecular complexity index is 822. The zero-order valence-corrected chi connectivity index (χ0v) is 16.1. The van der Waals surface area contributed by atoms with E-state index >= 15 is 0 Å². The summed E-state index contributed by atoms with van der Waals surface area (Å²) < 4.78 is 30.0. The number of aromatic nitrogens is 4. The zero-order chi connectivity index (χ0) is 18.7. The monoisotopic (exact) mass is 379 g/mol. The van der Waals surface area contributed by atoms with Crippen LogP contribution in [0, 0.1) is 5.92 Å². The highest BCUT2D eigenvalue weighted by Crippen LogP contribution is 2.23. The van der Waals surface area contributed by atoms with Gasteiger partial charge in [-0.3, -0.25) is 4.68 Å². The molecule has 0 aliphatic carbocycles. The van der Waals surface area contributed by atoms with Gasteiger partial charge in [0.1, 0.15) is 4.90 Å². The molecule has 3 heterocycles. The summed E-state index contributed by atoms with van der Waals surface area (Å²) in [5, 5.41) is 4.06. The van der Waals surface area contributed by atoms with Crippen molar-refractivity contribution in [3.8, 4) is 0 Å². The minimum Gasteiger partial charge on any atom is -0.339 e. The first-order valence-corrected chi connectivity index (χ1v) is 10.1. The fourth-order valence-corrected chi connectivity index (χ4v) is 4.45. The number of sulfonamides is 1. The molecule has 1 saturated heterocycles. The summed E-state index contributed by atoms with van der Waals surface area (Å²) in [4.78, 5) is 12.9. The summed E-state index contributed by atoms with van der Waals surface area (Å²) in [6.07, 6.45) is 6.33. The minimum absolute atomic E-state index is 0.129. The average Bonchev–Trinajstić information content (AvgIpc) is 3.23. The van der Waals surface area contributed by atoms with Crippen LogP contribution in [0.5, 0.6) is 0 Å². The van der Waals surface area contributed by atoms with Crippen molar-refractivity contribution in [1.82, 2.24) is 29.4 Å². The van der Waals surface area contributed by atoms with Crippen LogP contribution >= 0.6 is 0 Å². The lowest BCUT2D eigenvalue weighted by Gasteiger charge is -2.22. The molecule has 142 valence electrons. The molecule has 26 heavy (non-hydrogen) atoms. The molecule has 0 amide bonds. The number of hydrogen-bond acceptors (Lipinski definition) is 7. The summed E-state index contributed by atoms with van der Waals surface area (Å²) in [5.41, 5.74) is 0. The Hall–Kier alpha value is -2.04. The van der Waals surface area contributed by atoms with Gasteiger partial charge in [0, 0.05) is 56.7 Å². The van der Waals surface area contributed by atoms with Crippen LogP contribution in [0.3, 0.4) is 0 Å². The van der Waals surface area contributed by atoms with Crippen LogP contribution < -0.4 is 9.62 Å². The fourth-order valence-electron chi connectivity index (χ4n) is 3.20. The molecule has 0 saturated carbocycles. The Kier molecular flexibility index (Phi) is 5.54. The molecular formula is C16H25N7O2S. The number of nitrogens with zero attached hydrogens (tertiary/aromatic N) is 6. The predicted molar refractivity (Wildman–Crippen MR) is 98.3 cm³/mol. The topological polar surface area (TPSA) is 96.2 Å². The van der Waals surface area contributed by atoms with Gasteiger partial charge in [0.15, 0.2) is 0 Å². The molecule has 0 spiro atoms. The van der Waals surface area contributed by atoms with E-state index < -0.39 is 10.0 Å². The Morgan fingerprint density at radius 1 is 1.27 bits per heavy atom. The van der Waals surface area contributed by atoms with E-state index in [1.54, 1.807) is 29.3 Å². The van der Waals surface area contributed by atoms with E-state index in [4.69, 9.17) is 0 Å². The van der Waals surface area contributed by atoms with Crippen molar-refractivity contribution in [2.75, 3.05) is 38.6 Å². The van der Waals surface area contributed by atoms with Crippen molar-refractivity contribution >= 4 is 16.0 Å².